The van der Waals surface area contributed by atoms with Crippen molar-refractivity contribution < 1.29 is 14.4 Å². The molecule has 0 N–H and O–H groups in total. The predicted octanol–water partition coefficient (Wildman–Crippen LogP) is -0.614. The summed E-state index contributed by atoms with van der Waals surface area (Å²) in [4.78, 5) is 45.3. The number of nitrogens with zero attached hydrogens (tertiary/aromatic N) is 8. The summed E-state index contributed by atoms with van der Waals surface area (Å²) in [5.74, 6) is 0.187. The molecule has 11 nitrogen and oxygen atoms in total. The van der Waals surface area contributed by atoms with E-state index >= 15 is 0 Å². The minimum Gasteiger partial charge on any atom is -0.389 e. The van der Waals surface area contributed by atoms with E-state index in [1.807, 2.05) is 0 Å². The molecule has 2 atom stereocenters. The maximum atomic E-state index is 13.1. The van der Waals surface area contributed by atoms with Gasteiger partial charge in [-0.1, -0.05) is 5.16 Å². The molecule has 5 heterocycles. The number of anilines is 1. The first-order chi connectivity index (χ1) is 14.6. The molecule has 3 aliphatic heterocycles. The number of carbonyl (C=O) groups excluding carboxylic acids is 2. The van der Waals surface area contributed by atoms with Crippen molar-refractivity contribution >= 4 is 23.5 Å². The number of piperazine rings is 1. The Morgan fingerprint density at radius 2 is 1.80 bits per heavy atom. The van der Waals surface area contributed by atoms with Crippen LogP contribution >= 0.6 is 0 Å². The summed E-state index contributed by atoms with van der Waals surface area (Å²) in [6.07, 6.45) is 4.87. The van der Waals surface area contributed by atoms with Gasteiger partial charge in [0, 0.05) is 58.4 Å². The molecule has 2 fully saturated rings. The van der Waals surface area contributed by atoms with Crippen LogP contribution in [0.25, 0.3) is 0 Å². The maximum absolute atomic E-state index is 13.1. The second-order valence-corrected chi connectivity index (χ2v) is 7.64. The molecule has 2 amide bonds. The van der Waals surface area contributed by atoms with E-state index in [1.165, 1.54) is 0 Å². The van der Waals surface area contributed by atoms with Gasteiger partial charge in [0.05, 0.1) is 12.5 Å². The van der Waals surface area contributed by atoms with Crippen molar-refractivity contribution in [3.05, 3.63) is 36.4 Å². The van der Waals surface area contributed by atoms with Crippen LogP contribution < -0.4 is 4.90 Å². The van der Waals surface area contributed by atoms with Crippen LogP contribution in [0.4, 0.5) is 5.95 Å². The third-order valence-corrected chi connectivity index (χ3v) is 5.74. The van der Waals surface area contributed by atoms with Crippen molar-refractivity contribution in [2.45, 2.75) is 6.10 Å². The molecular weight excluding hydrogens is 388 g/mol. The van der Waals surface area contributed by atoms with Gasteiger partial charge in [-0.2, -0.15) is 5.10 Å². The average Bonchev–Trinajstić information content (AvgIpc) is 3.49. The molecule has 5 rings (SSSR count). The number of likely N-dealkylation sites (tertiary alicyclic amines) is 1. The van der Waals surface area contributed by atoms with Gasteiger partial charge in [-0.3, -0.25) is 14.3 Å². The number of carbonyl (C=O) groups is 2. The molecule has 0 spiro atoms. The van der Waals surface area contributed by atoms with E-state index in [-0.39, 0.29) is 23.8 Å². The van der Waals surface area contributed by atoms with Gasteiger partial charge in [-0.15, -0.1) is 0 Å². The fourth-order valence-corrected chi connectivity index (χ4v) is 4.12. The lowest BCUT2D eigenvalue weighted by Gasteiger charge is -2.34. The molecule has 2 aromatic heterocycles. The van der Waals surface area contributed by atoms with Crippen LogP contribution in [0.5, 0.6) is 0 Å². The Hall–Kier alpha value is -3.50. The fourth-order valence-electron chi connectivity index (χ4n) is 4.12. The molecule has 156 valence electrons. The number of aryl methyl sites for hydroxylation is 1. The summed E-state index contributed by atoms with van der Waals surface area (Å²) in [6, 6.07) is 3.47. The zero-order valence-electron chi connectivity index (χ0n) is 16.6. The second-order valence-electron chi connectivity index (χ2n) is 7.64. The second kappa shape index (κ2) is 7.39. The van der Waals surface area contributed by atoms with Crippen LogP contribution in [0.1, 0.15) is 10.5 Å². The number of aromatic nitrogens is 4. The topological polar surface area (TPSA) is 109 Å². The zero-order valence-corrected chi connectivity index (χ0v) is 16.6. The van der Waals surface area contributed by atoms with Crippen molar-refractivity contribution in [2.75, 3.05) is 44.2 Å². The molecule has 0 aromatic carbocycles. The lowest BCUT2D eigenvalue weighted by atomic mass is 9.99. The van der Waals surface area contributed by atoms with E-state index in [0.29, 0.717) is 56.6 Å². The fraction of sp³-hybridized carbons (Fsp3) is 0.474. The van der Waals surface area contributed by atoms with Gasteiger partial charge in [0.15, 0.2) is 11.8 Å². The third kappa shape index (κ3) is 3.25. The lowest BCUT2D eigenvalue weighted by molar-refractivity contribution is -0.124. The molecule has 11 heteroatoms. The highest BCUT2D eigenvalue weighted by molar-refractivity contribution is 6.40. The summed E-state index contributed by atoms with van der Waals surface area (Å²) in [5.41, 5.74) is 0.794. The molecule has 2 saturated heterocycles. The summed E-state index contributed by atoms with van der Waals surface area (Å²) >= 11 is 0. The van der Waals surface area contributed by atoms with E-state index in [0.717, 1.165) is 0 Å². The zero-order chi connectivity index (χ0) is 20.7. The first-order valence-corrected chi connectivity index (χ1v) is 9.94. The molecule has 3 aliphatic rings. The van der Waals surface area contributed by atoms with Crippen LogP contribution in [0.2, 0.25) is 0 Å². The van der Waals surface area contributed by atoms with Crippen molar-refractivity contribution in [1.29, 1.82) is 0 Å². The number of rotatable bonds is 3. The van der Waals surface area contributed by atoms with Gasteiger partial charge in [0.1, 0.15) is 5.69 Å². The van der Waals surface area contributed by atoms with Gasteiger partial charge < -0.3 is 19.5 Å². The van der Waals surface area contributed by atoms with Gasteiger partial charge in [-0.05, 0) is 12.1 Å². The van der Waals surface area contributed by atoms with Crippen molar-refractivity contribution in [2.24, 2.45) is 18.1 Å². The molecular formula is C19H22N8O3. The Labute approximate surface area is 172 Å². The normalized spacial score (nSPS) is 23.2. The van der Waals surface area contributed by atoms with Crippen LogP contribution in [0.3, 0.4) is 0 Å². The largest absolute Gasteiger partial charge is 0.389 e. The van der Waals surface area contributed by atoms with E-state index in [2.05, 4.69) is 25.1 Å². The molecule has 0 bridgehead atoms. The highest BCUT2D eigenvalue weighted by Gasteiger charge is 2.47. The van der Waals surface area contributed by atoms with Crippen LogP contribution in [0.15, 0.2) is 35.9 Å². The highest BCUT2D eigenvalue weighted by Crippen LogP contribution is 2.29. The van der Waals surface area contributed by atoms with Crippen molar-refractivity contribution in [3.63, 3.8) is 0 Å². The maximum Gasteiger partial charge on any atom is 0.274 e. The van der Waals surface area contributed by atoms with Crippen LogP contribution in [-0.4, -0.2) is 92.4 Å². The van der Waals surface area contributed by atoms with Gasteiger partial charge in [0.2, 0.25) is 5.95 Å². The number of oxime groups is 1. The minimum atomic E-state index is -0.282. The van der Waals surface area contributed by atoms with E-state index in [4.69, 9.17) is 4.84 Å². The summed E-state index contributed by atoms with van der Waals surface area (Å²) in [5, 5.41) is 8.25. The first kappa shape index (κ1) is 18.5. The van der Waals surface area contributed by atoms with E-state index in [1.54, 1.807) is 52.3 Å². The molecule has 2 aromatic rings. The van der Waals surface area contributed by atoms with Crippen molar-refractivity contribution in [3.8, 4) is 0 Å². The van der Waals surface area contributed by atoms with Crippen LogP contribution in [0, 0.1) is 5.92 Å². The Kier molecular flexibility index (Phi) is 4.57. The van der Waals surface area contributed by atoms with Gasteiger partial charge >= 0.3 is 0 Å². The van der Waals surface area contributed by atoms with Crippen LogP contribution in [-0.2, 0) is 16.7 Å². The number of fused-ring (bicyclic) bond motifs is 1. The summed E-state index contributed by atoms with van der Waals surface area (Å²) < 4.78 is 1.59. The molecule has 30 heavy (non-hydrogen) atoms. The van der Waals surface area contributed by atoms with Gasteiger partial charge in [-0.25, -0.2) is 9.97 Å². The quantitative estimate of drug-likeness (QED) is 0.664. The Balaban J connectivity index is 1.21. The molecule has 0 aliphatic carbocycles. The van der Waals surface area contributed by atoms with Crippen molar-refractivity contribution in [1.82, 2.24) is 29.5 Å². The summed E-state index contributed by atoms with van der Waals surface area (Å²) in [6.45, 7) is 3.24. The number of amides is 2. The summed E-state index contributed by atoms with van der Waals surface area (Å²) in [7, 11) is 1.77. The Morgan fingerprint density at radius 1 is 1.03 bits per heavy atom. The average molecular weight is 410 g/mol. The smallest absolute Gasteiger partial charge is 0.274 e. The minimum absolute atomic E-state index is 0.122. The van der Waals surface area contributed by atoms with E-state index in [9.17, 15) is 9.59 Å². The monoisotopic (exact) mass is 410 g/mol. The highest BCUT2D eigenvalue weighted by atomic mass is 16.6. The third-order valence-electron chi connectivity index (χ3n) is 5.74. The SMILES string of the molecule is Cn1ccc(C(=O)N2CC3ON=C(C(=O)N4CCN(c5ncccn5)CC4)C3C2)n1. The number of hydrogen-bond acceptors (Lipinski definition) is 8. The van der Waals surface area contributed by atoms with Gasteiger partial charge in [0.25, 0.3) is 11.8 Å². The molecule has 2 unspecified atom stereocenters. The lowest BCUT2D eigenvalue weighted by Crippen LogP contribution is -2.52. The Morgan fingerprint density at radius 3 is 2.50 bits per heavy atom. The molecule has 0 saturated carbocycles. The molecule has 0 radical (unpaired) electrons. The predicted molar refractivity (Wildman–Crippen MR) is 106 cm³/mol. The Bertz CT molecular complexity index is 983. The van der Waals surface area contributed by atoms with E-state index < -0.39 is 0 Å². The first-order valence-electron chi connectivity index (χ1n) is 9.94. The number of hydrogen-bond donors (Lipinski definition) is 0. The standard InChI is InChI=1S/C19H22N8O3/c1-24-6-3-14(22-24)17(28)27-11-13-15(12-27)30-23-16(13)18(29)25-7-9-26(10-8-25)19-20-4-2-5-21-19/h2-6,13,15H,7-12H2,1H3.